The van der Waals surface area contributed by atoms with Crippen LogP contribution in [0.15, 0.2) is 30.3 Å². The molecule has 4 nitrogen and oxygen atoms in total. The smallest absolute Gasteiger partial charge is 0.410 e. The normalized spacial score (nSPS) is 25.6. The molecule has 27 heavy (non-hydrogen) atoms. The monoisotopic (exact) mass is 389 g/mol. The summed E-state index contributed by atoms with van der Waals surface area (Å²) in [6.07, 6.45) is 4.09. The number of hydrogen-bond acceptors (Lipinski definition) is 3. The molecule has 0 radical (unpaired) electrons. The van der Waals surface area contributed by atoms with Crippen LogP contribution in [0.25, 0.3) is 0 Å². The lowest BCUT2D eigenvalue weighted by molar-refractivity contribution is 0.154. The number of amides is 1. The second kappa shape index (κ2) is 7.96. The number of rotatable bonds is 8. The Morgan fingerprint density at radius 1 is 1.22 bits per heavy atom. The number of carbonyl (C=O) groups is 1. The van der Waals surface area contributed by atoms with Crippen molar-refractivity contribution in [3.05, 3.63) is 35.9 Å². The average Bonchev–Trinajstić information content (AvgIpc) is 3.26. The van der Waals surface area contributed by atoms with Gasteiger partial charge in [-0.1, -0.05) is 51.1 Å². The van der Waals surface area contributed by atoms with Crippen molar-refractivity contribution in [2.75, 3.05) is 13.2 Å². The van der Waals surface area contributed by atoms with Gasteiger partial charge in [0.15, 0.2) is 8.32 Å². The third-order valence-corrected chi connectivity index (χ3v) is 11.1. The van der Waals surface area contributed by atoms with Gasteiger partial charge in [-0.25, -0.2) is 4.79 Å². The van der Waals surface area contributed by atoms with Gasteiger partial charge in [-0.05, 0) is 55.3 Å². The molecule has 0 N–H and O–H groups in total. The van der Waals surface area contributed by atoms with E-state index in [1.165, 1.54) is 5.56 Å². The predicted molar refractivity (Wildman–Crippen MR) is 111 cm³/mol. The van der Waals surface area contributed by atoms with Crippen molar-refractivity contribution in [1.29, 1.82) is 0 Å². The summed E-state index contributed by atoms with van der Waals surface area (Å²) in [5.41, 5.74) is 1.27. The molecule has 0 bridgehead atoms. The SMILES string of the molecule is CC(C)(C)[Si](C)(C)OCCC[C@H]1C[C@@H]1N1C(=O)OC[C@H]1Cc1ccccc1. The van der Waals surface area contributed by atoms with E-state index in [9.17, 15) is 4.79 Å². The van der Waals surface area contributed by atoms with E-state index in [0.29, 0.717) is 18.6 Å². The van der Waals surface area contributed by atoms with Crippen molar-refractivity contribution in [2.45, 2.75) is 76.7 Å². The quantitative estimate of drug-likeness (QED) is 0.451. The molecule has 3 rings (SSSR count). The molecule has 1 aliphatic carbocycles. The third kappa shape index (κ3) is 4.94. The van der Waals surface area contributed by atoms with Crippen LogP contribution in [0, 0.1) is 5.92 Å². The Labute approximate surface area is 165 Å². The van der Waals surface area contributed by atoms with Crippen LogP contribution in [0.1, 0.15) is 45.6 Å². The fourth-order valence-electron chi connectivity index (χ4n) is 3.69. The highest BCUT2D eigenvalue weighted by Gasteiger charge is 2.49. The van der Waals surface area contributed by atoms with Crippen LogP contribution in [0.2, 0.25) is 18.1 Å². The molecule has 1 aromatic rings. The molecule has 1 amide bonds. The molecule has 3 atom stereocenters. The van der Waals surface area contributed by atoms with E-state index in [0.717, 1.165) is 32.3 Å². The zero-order chi connectivity index (χ0) is 19.7. The highest BCUT2D eigenvalue weighted by Crippen LogP contribution is 2.43. The molecule has 1 aliphatic heterocycles. The molecule has 1 aromatic carbocycles. The van der Waals surface area contributed by atoms with Crippen molar-refractivity contribution < 1.29 is 14.0 Å². The standard InChI is InChI=1S/C22H35NO3Si/c1-22(2,3)27(4,5)26-13-9-12-18-15-20(18)23-19(16-25-21(23)24)14-17-10-7-6-8-11-17/h6-8,10-11,18-20H,9,12-16H2,1-5H3/t18-,19+,20-/m0/s1. The highest BCUT2D eigenvalue weighted by molar-refractivity contribution is 6.74. The van der Waals surface area contributed by atoms with Gasteiger partial charge in [-0.15, -0.1) is 0 Å². The number of carbonyl (C=O) groups excluding carboxylic acids is 1. The molecule has 2 fully saturated rings. The zero-order valence-corrected chi connectivity index (χ0v) is 18.5. The Morgan fingerprint density at radius 3 is 2.59 bits per heavy atom. The molecule has 1 saturated carbocycles. The summed E-state index contributed by atoms with van der Waals surface area (Å²) in [5.74, 6) is 0.608. The molecule has 0 aromatic heterocycles. The zero-order valence-electron chi connectivity index (χ0n) is 17.5. The van der Waals surface area contributed by atoms with Crippen molar-refractivity contribution in [3.8, 4) is 0 Å². The van der Waals surface area contributed by atoms with Crippen molar-refractivity contribution in [1.82, 2.24) is 4.90 Å². The van der Waals surface area contributed by atoms with Crippen LogP contribution in [0.3, 0.4) is 0 Å². The Morgan fingerprint density at radius 2 is 1.93 bits per heavy atom. The van der Waals surface area contributed by atoms with Gasteiger partial charge in [0.05, 0.1) is 6.04 Å². The summed E-state index contributed by atoms with van der Waals surface area (Å²) < 4.78 is 11.7. The van der Waals surface area contributed by atoms with Gasteiger partial charge in [-0.2, -0.15) is 0 Å². The third-order valence-electron chi connectivity index (χ3n) is 6.55. The lowest BCUT2D eigenvalue weighted by Crippen LogP contribution is -2.41. The average molecular weight is 390 g/mol. The summed E-state index contributed by atoms with van der Waals surface area (Å²) in [6.45, 7) is 12.8. The summed E-state index contributed by atoms with van der Waals surface area (Å²) in [6, 6.07) is 10.9. The molecule has 1 saturated heterocycles. The molecular formula is C22H35NO3Si. The summed E-state index contributed by atoms with van der Waals surface area (Å²) in [5, 5.41) is 0.263. The van der Waals surface area contributed by atoms with Gasteiger partial charge in [0.2, 0.25) is 0 Å². The molecule has 0 unspecified atom stereocenters. The van der Waals surface area contributed by atoms with Gasteiger partial charge in [0, 0.05) is 12.6 Å². The Kier molecular flexibility index (Phi) is 6.01. The maximum atomic E-state index is 12.3. The lowest BCUT2D eigenvalue weighted by atomic mass is 10.1. The fourth-order valence-corrected chi connectivity index (χ4v) is 4.78. The van der Waals surface area contributed by atoms with Crippen LogP contribution in [0.4, 0.5) is 4.79 Å². The lowest BCUT2D eigenvalue weighted by Gasteiger charge is -2.36. The van der Waals surface area contributed by atoms with Crippen molar-refractivity contribution in [2.24, 2.45) is 5.92 Å². The fraction of sp³-hybridized carbons (Fsp3) is 0.682. The van der Waals surface area contributed by atoms with E-state index in [1.54, 1.807) is 0 Å². The van der Waals surface area contributed by atoms with Gasteiger partial charge in [0.1, 0.15) is 6.61 Å². The molecule has 0 spiro atoms. The van der Waals surface area contributed by atoms with E-state index in [2.05, 4.69) is 58.1 Å². The Balaban J connectivity index is 1.45. The van der Waals surface area contributed by atoms with Crippen LogP contribution in [0.5, 0.6) is 0 Å². The van der Waals surface area contributed by atoms with Gasteiger partial charge in [-0.3, -0.25) is 4.90 Å². The second-order valence-corrected chi connectivity index (χ2v) is 14.5. The highest BCUT2D eigenvalue weighted by atomic mass is 28.4. The van der Waals surface area contributed by atoms with E-state index >= 15 is 0 Å². The van der Waals surface area contributed by atoms with Gasteiger partial charge >= 0.3 is 6.09 Å². The van der Waals surface area contributed by atoms with Crippen molar-refractivity contribution in [3.63, 3.8) is 0 Å². The maximum absolute atomic E-state index is 12.3. The summed E-state index contributed by atoms with van der Waals surface area (Å²) >= 11 is 0. The predicted octanol–water partition coefficient (Wildman–Crippen LogP) is 5.24. The first-order valence-electron chi connectivity index (χ1n) is 10.3. The van der Waals surface area contributed by atoms with E-state index in [-0.39, 0.29) is 17.2 Å². The van der Waals surface area contributed by atoms with Crippen LogP contribution >= 0.6 is 0 Å². The molecule has 1 heterocycles. The first-order chi connectivity index (χ1) is 12.7. The van der Waals surface area contributed by atoms with E-state index < -0.39 is 8.32 Å². The minimum Gasteiger partial charge on any atom is -0.447 e. The number of ether oxygens (including phenoxy) is 1. The van der Waals surface area contributed by atoms with Gasteiger partial charge in [0.25, 0.3) is 0 Å². The number of nitrogens with zero attached hydrogens (tertiary/aromatic N) is 1. The van der Waals surface area contributed by atoms with E-state index in [4.69, 9.17) is 9.16 Å². The largest absolute Gasteiger partial charge is 0.447 e. The number of hydrogen-bond donors (Lipinski definition) is 0. The summed E-state index contributed by atoms with van der Waals surface area (Å²) in [7, 11) is -1.65. The van der Waals surface area contributed by atoms with E-state index in [1.807, 2.05) is 11.0 Å². The number of benzene rings is 1. The summed E-state index contributed by atoms with van der Waals surface area (Å²) in [4.78, 5) is 14.3. The van der Waals surface area contributed by atoms with Crippen molar-refractivity contribution >= 4 is 14.4 Å². The molecule has 2 aliphatic rings. The topological polar surface area (TPSA) is 38.8 Å². The first kappa shape index (κ1) is 20.4. The minimum absolute atomic E-state index is 0.124. The van der Waals surface area contributed by atoms with Crippen LogP contribution in [-0.2, 0) is 15.6 Å². The Bertz CT molecular complexity index is 641. The minimum atomic E-state index is -1.65. The molecular weight excluding hydrogens is 354 g/mol. The number of cyclic esters (lactones) is 1. The van der Waals surface area contributed by atoms with Crippen LogP contribution < -0.4 is 0 Å². The molecule has 5 heteroatoms. The maximum Gasteiger partial charge on any atom is 0.410 e. The van der Waals surface area contributed by atoms with Gasteiger partial charge < -0.3 is 9.16 Å². The second-order valence-electron chi connectivity index (χ2n) is 9.64. The first-order valence-corrected chi connectivity index (χ1v) is 13.2. The Hall–Kier alpha value is -1.33. The van der Waals surface area contributed by atoms with Crippen LogP contribution in [-0.4, -0.2) is 44.6 Å². The molecule has 150 valence electrons.